The van der Waals surface area contributed by atoms with Crippen molar-refractivity contribution in [3.8, 4) is 0 Å². The van der Waals surface area contributed by atoms with Crippen molar-refractivity contribution >= 4 is 0 Å². The maximum Gasteiger partial charge on any atom is 0.123 e. The summed E-state index contributed by atoms with van der Waals surface area (Å²) in [6, 6.07) is 5.86. The highest BCUT2D eigenvalue weighted by molar-refractivity contribution is 5.18. The van der Waals surface area contributed by atoms with Crippen LogP contribution in [0, 0.1) is 5.82 Å². The number of rotatable bonds is 5. The van der Waals surface area contributed by atoms with Crippen LogP contribution < -0.4 is 5.32 Å². The summed E-state index contributed by atoms with van der Waals surface area (Å²) in [6.07, 6.45) is -0.603. The number of ether oxygens (including phenoxy) is 2. The van der Waals surface area contributed by atoms with Gasteiger partial charge in [-0.25, -0.2) is 4.39 Å². The Hall–Kier alpha value is -1.01. The number of aliphatic hydroxyl groups is 1. The van der Waals surface area contributed by atoms with E-state index in [1.54, 1.807) is 12.1 Å². The van der Waals surface area contributed by atoms with Crippen molar-refractivity contribution in [1.82, 2.24) is 5.32 Å². The van der Waals surface area contributed by atoms with E-state index in [9.17, 15) is 9.50 Å². The predicted octanol–water partition coefficient (Wildman–Crippen LogP) is 0.864. The van der Waals surface area contributed by atoms with Gasteiger partial charge in [0.2, 0.25) is 0 Å². The molecule has 1 heterocycles. The molecule has 1 aromatic carbocycles. The highest BCUT2D eigenvalue weighted by atomic mass is 19.1. The van der Waals surface area contributed by atoms with E-state index < -0.39 is 6.10 Å². The van der Waals surface area contributed by atoms with E-state index in [4.69, 9.17) is 9.47 Å². The lowest BCUT2D eigenvalue weighted by Crippen LogP contribution is -2.38. The molecule has 2 rings (SSSR count). The Bertz CT molecular complexity index is 352. The third kappa shape index (κ3) is 4.03. The molecule has 0 saturated carbocycles. The van der Waals surface area contributed by atoms with Crippen molar-refractivity contribution in [3.63, 3.8) is 0 Å². The summed E-state index contributed by atoms with van der Waals surface area (Å²) in [5.74, 6) is -0.299. The Balaban J connectivity index is 1.70. The summed E-state index contributed by atoms with van der Waals surface area (Å²) in [7, 11) is 0. The molecule has 0 amide bonds. The van der Waals surface area contributed by atoms with E-state index in [1.807, 2.05) is 0 Å². The van der Waals surface area contributed by atoms with Gasteiger partial charge in [-0.1, -0.05) is 12.1 Å². The molecule has 2 atom stereocenters. The molecule has 0 aliphatic carbocycles. The maximum absolute atomic E-state index is 12.7. The third-order valence-electron chi connectivity index (χ3n) is 2.85. The molecule has 2 unspecified atom stereocenters. The molecule has 1 aromatic rings. The average molecular weight is 255 g/mol. The van der Waals surface area contributed by atoms with Crippen LogP contribution in [0.2, 0.25) is 0 Å². The molecule has 1 fully saturated rings. The Morgan fingerprint density at radius 2 is 2.11 bits per heavy atom. The minimum Gasteiger partial charge on any atom is -0.387 e. The second-order valence-electron chi connectivity index (χ2n) is 4.29. The number of nitrogens with one attached hydrogen (secondary N) is 1. The van der Waals surface area contributed by atoms with Crippen LogP contribution in [0.15, 0.2) is 24.3 Å². The van der Waals surface area contributed by atoms with Crippen LogP contribution in [0.1, 0.15) is 11.7 Å². The molecule has 5 heteroatoms. The van der Waals surface area contributed by atoms with Gasteiger partial charge in [0.1, 0.15) is 5.82 Å². The van der Waals surface area contributed by atoms with E-state index >= 15 is 0 Å². The monoisotopic (exact) mass is 255 g/mol. The lowest BCUT2D eigenvalue weighted by molar-refractivity contribution is -0.0868. The quantitative estimate of drug-likeness (QED) is 0.819. The zero-order chi connectivity index (χ0) is 12.8. The standard InChI is InChI=1S/C13H18FNO3/c14-11-3-1-10(2-4-11)13(16)8-15-7-12-9-17-5-6-18-12/h1-4,12-13,15-16H,5-9H2. The summed E-state index contributed by atoms with van der Waals surface area (Å²) in [4.78, 5) is 0. The summed E-state index contributed by atoms with van der Waals surface area (Å²) < 4.78 is 23.4. The molecular formula is C13H18FNO3. The highest BCUT2D eigenvalue weighted by Gasteiger charge is 2.14. The second kappa shape index (κ2) is 6.80. The molecule has 2 N–H and O–H groups in total. The minimum absolute atomic E-state index is 0.0409. The molecule has 100 valence electrons. The van der Waals surface area contributed by atoms with Crippen LogP contribution >= 0.6 is 0 Å². The Labute approximate surface area is 106 Å². The fourth-order valence-electron chi connectivity index (χ4n) is 1.84. The van der Waals surface area contributed by atoms with Crippen LogP contribution in [0.4, 0.5) is 4.39 Å². The van der Waals surface area contributed by atoms with Gasteiger partial charge in [-0.2, -0.15) is 0 Å². The van der Waals surface area contributed by atoms with Crippen LogP contribution in [0.3, 0.4) is 0 Å². The van der Waals surface area contributed by atoms with Crippen LogP contribution in [-0.4, -0.2) is 44.1 Å². The average Bonchev–Trinajstić information content (AvgIpc) is 2.40. The molecule has 0 aromatic heterocycles. The number of aliphatic hydroxyl groups excluding tert-OH is 1. The first kappa shape index (κ1) is 13.4. The Morgan fingerprint density at radius 1 is 1.33 bits per heavy atom. The van der Waals surface area contributed by atoms with Gasteiger partial charge < -0.3 is 19.9 Å². The number of hydrogen-bond donors (Lipinski definition) is 2. The summed E-state index contributed by atoms with van der Waals surface area (Å²) in [5, 5.41) is 13.0. The lowest BCUT2D eigenvalue weighted by atomic mass is 10.1. The first-order chi connectivity index (χ1) is 8.75. The molecule has 0 radical (unpaired) electrons. The SMILES string of the molecule is OC(CNCC1COCCO1)c1ccc(F)cc1. The normalized spacial score (nSPS) is 21.8. The van der Waals surface area contributed by atoms with Gasteiger partial charge in [0.05, 0.1) is 32.0 Å². The Morgan fingerprint density at radius 3 is 2.78 bits per heavy atom. The minimum atomic E-state index is -0.643. The van der Waals surface area contributed by atoms with E-state index in [1.165, 1.54) is 12.1 Å². The summed E-state index contributed by atoms with van der Waals surface area (Å²) >= 11 is 0. The van der Waals surface area contributed by atoms with Crippen molar-refractivity contribution in [1.29, 1.82) is 0 Å². The topological polar surface area (TPSA) is 50.7 Å². The van der Waals surface area contributed by atoms with Crippen LogP contribution in [0.25, 0.3) is 0 Å². The molecule has 1 saturated heterocycles. The zero-order valence-corrected chi connectivity index (χ0v) is 10.1. The van der Waals surface area contributed by atoms with Crippen molar-refractivity contribution in [2.75, 3.05) is 32.9 Å². The fraction of sp³-hybridized carbons (Fsp3) is 0.538. The van der Waals surface area contributed by atoms with Gasteiger partial charge >= 0.3 is 0 Å². The van der Waals surface area contributed by atoms with Gasteiger partial charge in [0.15, 0.2) is 0 Å². The predicted molar refractivity (Wildman–Crippen MR) is 64.8 cm³/mol. The van der Waals surface area contributed by atoms with Gasteiger partial charge in [0, 0.05) is 13.1 Å². The molecule has 1 aliphatic heterocycles. The Kier molecular flexibility index (Phi) is 5.07. The lowest BCUT2D eigenvalue weighted by Gasteiger charge is -2.23. The maximum atomic E-state index is 12.7. The molecule has 0 bridgehead atoms. The number of hydrogen-bond acceptors (Lipinski definition) is 4. The van der Waals surface area contributed by atoms with Gasteiger partial charge in [0.25, 0.3) is 0 Å². The van der Waals surface area contributed by atoms with Crippen molar-refractivity contribution in [2.45, 2.75) is 12.2 Å². The highest BCUT2D eigenvalue weighted by Crippen LogP contribution is 2.12. The van der Waals surface area contributed by atoms with Gasteiger partial charge in [-0.3, -0.25) is 0 Å². The third-order valence-corrected chi connectivity index (χ3v) is 2.85. The van der Waals surface area contributed by atoms with Crippen LogP contribution in [-0.2, 0) is 9.47 Å². The molecule has 0 spiro atoms. The molecule has 1 aliphatic rings. The van der Waals surface area contributed by atoms with Crippen molar-refractivity contribution in [2.24, 2.45) is 0 Å². The molecule has 18 heavy (non-hydrogen) atoms. The van der Waals surface area contributed by atoms with E-state index in [-0.39, 0.29) is 11.9 Å². The summed E-state index contributed by atoms with van der Waals surface area (Å²) in [5.41, 5.74) is 0.699. The second-order valence-corrected chi connectivity index (χ2v) is 4.29. The first-order valence-electron chi connectivity index (χ1n) is 6.09. The fourth-order valence-corrected chi connectivity index (χ4v) is 1.84. The van der Waals surface area contributed by atoms with E-state index in [0.29, 0.717) is 38.5 Å². The van der Waals surface area contributed by atoms with Crippen LogP contribution in [0.5, 0.6) is 0 Å². The van der Waals surface area contributed by atoms with E-state index in [2.05, 4.69) is 5.32 Å². The van der Waals surface area contributed by atoms with Crippen molar-refractivity contribution in [3.05, 3.63) is 35.6 Å². The molecular weight excluding hydrogens is 237 g/mol. The first-order valence-corrected chi connectivity index (χ1v) is 6.09. The zero-order valence-electron chi connectivity index (χ0n) is 10.1. The largest absolute Gasteiger partial charge is 0.387 e. The summed E-state index contributed by atoms with van der Waals surface area (Å²) in [6.45, 7) is 2.89. The van der Waals surface area contributed by atoms with Crippen molar-refractivity contribution < 1.29 is 19.0 Å². The van der Waals surface area contributed by atoms with Gasteiger partial charge in [-0.05, 0) is 17.7 Å². The van der Waals surface area contributed by atoms with E-state index in [0.717, 1.165) is 0 Å². The smallest absolute Gasteiger partial charge is 0.123 e. The van der Waals surface area contributed by atoms with Gasteiger partial charge in [-0.15, -0.1) is 0 Å². The molecule has 4 nitrogen and oxygen atoms in total. The number of benzene rings is 1. The number of halogens is 1.